The zero-order valence-corrected chi connectivity index (χ0v) is 25.8. The summed E-state index contributed by atoms with van der Waals surface area (Å²) in [5.41, 5.74) is 8.93. The van der Waals surface area contributed by atoms with Crippen molar-refractivity contribution in [2.45, 2.75) is 6.17 Å². The molecule has 0 spiro atoms. The molecule has 228 valence electrons. The summed E-state index contributed by atoms with van der Waals surface area (Å²) in [5, 5.41) is 12.6. The molecule has 6 heteroatoms. The molecule has 1 atom stereocenters. The first-order valence-electron chi connectivity index (χ1n) is 16.2. The average Bonchev–Trinajstić information content (AvgIpc) is 3.73. The standard InChI is InChI=1S/C42H28N4O2/c1-2-11-25(12-3-1)39-44-40(46-41(45-39)33-23-24-43-42-38(33)32-16-7-9-19-35(32)48-42)30-22-21-28(26-13-4-5-14-27(26)30)29-17-10-20-36-37(29)31-15-6-8-18-34(31)47-36/h1-23,39,43H,24H2,(H,44,45,46). The van der Waals surface area contributed by atoms with Gasteiger partial charge in [0.05, 0.1) is 5.56 Å². The Bertz CT molecular complexity index is 2660. The van der Waals surface area contributed by atoms with E-state index >= 15 is 0 Å². The number of furan rings is 2. The Hall–Kier alpha value is -6.40. The predicted molar refractivity (Wildman–Crippen MR) is 196 cm³/mol. The van der Waals surface area contributed by atoms with Crippen LogP contribution in [0.15, 0.2) is 158 Å². The number of aliphatic imine (C=N–C) groups is 2. The first-order chi connectivity index (χ1) is 23.8. The van der Waals surface area contributed by atoms with Gasteiger partial charge in [-0.2, -0.15) is 0 Å². The summed E-state index contributed by atoms with van der Waals surface area (Å²) in [7, 11) is 0. The first-order valence-corrected chi connectivity index (χ1v) is 16.2. The molecule has 0 aliphatic carbocycles. The van der Waals surface area contributed by atoms with Crippen molar-refractivity contribution in [1.29, 1.82) is 0 Å². The van der Waals surface area contributed by atoms with Gasteiger partial charge >= 0.3 is 0 Å². The van der Waals surface area contributed by atoms with Crippen LogP contribution in [-0.4, -0.2) is 18.2 Å². The number of nitrogens with zero attached hydrogens (tertiary/aromatic N) is 2. The van der Waals surface area contributed by atoms with Crippen molar-refractivity contribution in [2.24, 2.45) is 9.98 Å². The van der Waals surface area contributed by atoms with E-state index in [2.05, 4.69) is 95.6 Å². The van der Waals surface area contributed by atoms with Crippen LogP contribution >= 0.6 is 0 Å². The molecule has 2 aromatic heterocycles. The molecule has 2 aliphatic rings. The summed E-state index contributed by atoms with van der Waals surface area (Å²) in [6, 6.07) is 46.0. The summed E-state index contributed by atoms with van der Waals surface area (Å²) in [6.07, 6.45) is 1.84. The van der Waals surface area contributed by atoms with E-state index in [1.807, 2.05) is 54.6 Å². The largest absolute Gasteiger partial charge is 0.456 e. The maximum absolute atomic E-state index is 6.26. The molecule has 2 aliphatic heterocycles. The van der Waals surface area contributed by atoms with E-state index in [4.69, 9.17) is 18.8 Å². The Morgan fingerprint density at radius 1 is 0.562 bits per heavy atom. The van der Waals surface area contributed by atoms with E-state index < -0.39 is 0 Å². The Labute approximate surface area is 275 Å². The molecule has 8 aromatic rings. The zero-order chi connectivity index (χ0) is 31.6. The van der Waals surface area contributed by atoms with Gasteiger partial charge in [0.1, 0.15) is 28.8 Å². The van der Waals surface area contributed by atoms with Crippen LogP contribution in [-0.2, 0) is 0 Å². The van der Waals surface area contributed by atoms with Gasteiger partial charge in [0, 0.05) is 33.8 Å². The molecular weight excluding hydrogens is 592 g/mol. The molecule has 0 saturated heterocycles. The third-order valence-electron chi connectivity index (χ3n) is 9.40. The fourth-order valence-corrected chi connectivity index (χ4v) is 7.24. The molecule has 48 heavy (non-hydrogen) atoms. The molecular formula is C42H28N4O2. The second kappa shape index (κ2) is 10.6. The van der Waals surface area contributed by atoms with Gasteiger partial charge < -0.3 is 19.5 Å². The molecule has 1 unspecified atom stereocenters. The number of hydrogen-bond donors (Lipinski definition) is 2. The van der Waals surface area contributed by atoms with E-state index in [0.717, 1.165) is 88.8 Å². The third kappa shape index (κ3) is 4.12. The topological polar surface area (TPSA) is 75.1 Å². The molecule has 6 nitrogen and oxygen atoms in total. The van der Waals surface area contributed by atoms with Crippen molar-refractivity contribution in [3.8, 4) is 11.1 Å². The zero-order valence-electron chi connectivity index (χ0n) is 25.8. The SMILES string of the molecule is C1=C(C2=NC(c3ccccc3)NC(c3ccc(-c4cccc5oc6ccccc6c45)c4ccccc34)=N2)c2c(oc3ccccc23)NC1. The maximum Gasteiger partial charge on any atom is 0.202 e. The van der Waals surface area contributed by atoms with Crippen LogP contribution in [0.3, 0.4) is 0 Å². The maximum atomic E-state index is 6.26. The van der Waals surface area contributed by atoms with Gasteiger partial charge in [0.2, 0.25) is 5.88 Å². The lowest BCUT2D eigenvalue weighted by Gasteiger charge is -2.26. The number of fused-ring (bicyclic) bond motifs is 7. The second-order valence-corrected chi connectivity index (χ2v) is 12.2. The lowest BCUT2D eigenvalue weighted by Crippen LogP contribution is -2.34. The predicted octanol–water partition coefficient (Wildman–Crippen LogP) is 10.1. The smallest absolute Gasteiger partial charge is 0.202 e. The van der Waals surface area contributed by atoms with Crippen LogP contribution < -0.4 is 10.6 Å². The molecule has 4 heterocycles. The van der Waals surface area contributed by atoms with E-state index in [-0.39, 0.29) is 6.17 Å². The van der Waals surface area contributed by atoms with Crippen LogP contribution in [0.2, 0.25) is 0 Å². The molecule has 6 aromatic carbocycles. The second-order valence-electron chi connectivity index (χ2n) is 12.2. The van der Waals surface area contributed by atoms with Crippen LogP contribution in [0, 0.1) is 0 Å². The molecule has 0 bridgehead atoms. The monoisotopic (exact) mass is 620 g/mol. The minimum atomic E-state index is -0.324. The number of hydrogen-bond acceptors (Lipinski definition) is 6. The highest BCUT2D eigenvalue weighted by atomic mass is 16.4. The minimum absolute atomic E-state index is 0.324. The third-order valence-corrected chi connectivity index (χ3v) is 9.40. The number of nitrogens with one attached hydrogen (secondary N) is 2. The lowest BCUT2D eigenvalue weighted by atomic mass is 9.92. The number of para-hydroxylation sites is 2. The van der Waals surface area contributed by atoms with Gasteiger partial charge in [-0.3, -0.25) is 0 Å². The normalized spacial score (nSPS) is 15.9. The Kier molecular flexibility index (Phi) is 5.90. The van der Waals surface area contributed by atoms with Crippen molar-refractivity contribution >= 4 is 66.8 Å². The van der Waals surface area contributed by atoms with Gasteiger partial charge in [0.25, 0.3) is 0 Å². The van der Waals surface area contributed by atoms with E-state index in [1.54, 1.807) is 0 Å². The molecule has 0 fully saturated rings. The first kappa shape index (κ1) is 26.8. The Morgan fingerprint density at radius 2 is 1.23 bits per heavy atom. The van der Waals surface area contributed by atoms with Crippen molar-refractivity contribution in [3.05, 3.63) is 156 Å². The molecule has 0 radical (unpaired) electrons. The fourth-order valence-electron chi connectivity index (χ4n) is 7.24. The summed E-state index contributed by atoms with van der Waals surface area (Å²) in [5.74, 6) is 2.20. The molecule has 2 N–H and O–H groups in total. The van der Waals surface area contributed by atoms with Gasteiger partial charge in [-0.1, -0.05) is 121 Å². The van der Waals surface area contributed by atoms with E-state index in [0.29, 0.717) is 12.4 Å². The number of anilines is 1. The van der Waals surface area contributed by atoms with E-state index in [1.165, 1.54) is 0 Å². The van der Waals surface area contributed by atoms with Crippen molar-refractivity contribution in [2.75, 3.05) is 11.9 Å². The van der Waals surface area contributed by atoms with Crippen molar-refractivity contribution in [1.82, 2.24) is 5.32 Å². The minimum Gasteiger partial charge on any atom is -0.456 e. The molecule has 0 saturated carbocycles. The van der Waals surface area contributed by atoms with Crippen molar-refractivity contribution in [3.63, 3.8) is 0 Å². The molecule has 0 amide bonds. The summed E-state index contributed by atoms with van der Waals surface area (Å²) >= 11 is 0. The summed E-state index contributed by atoms with van der Waals surface area (Å²) in [4.78, 5) is 10.5. The molecule has 10 rings (SSSR count). The Balaban J connectivity index is 1.16. The van der Waals surface area contributed by atoms with Crippen LogP contribution in [0.5, 0.6) is 0 Å². The van der Waals surface area contributed by atoms with Crippen LogP contribution in [0.4, 0.5) is 5.88 Å². The number of amidine groups is 2. The average molecular weight is 621 g/mol. The van der Waals surface area contributed by atoms with Crippen molar-refractivity contribution < 1.29 is 8.83 Å². The van der Waals surface area contributed by atoms with E-state index in [9.17, 15) is 0 Å². The highest BCUT2D eigenvalue weighted by molar-refractivity contribution is 6.32. The highest BCUT2D eigenvalue weighted by Gasteiger charge is 2.29. The lowest BCUT2D eigenvalue weighted by molar-refractivity contribution is 0.627. The highest BCUT2D eigenvalue weighted by Crippen LogP contribution is 2.42. The number of benzene rings is 6. The van der Waals surface area contributed by atoms with Gasteiger partial charge in [-0.15, -0.1) is 0 Å². The summed E-state index contributed by atoms with van der Waals surface area (Å²) in [6.45, 7) is 0.626. The number of rotatable bonds is 4. The van der Waals surface area contributed by atoms with Crippen LogP contribution in [0.25, 0.3) is 60.4 Å². The Morgan fingerprint density at radius 3 is 2.06 bits per heavy atom. The van der Waals surface area contributed by atoms with Gasteiger partial charge in [-0.05, 0) is 45.7 Å². The van der Waals surface area contributed by atoms with Gasteiger partial charge in [0.15, 0.2) is 5.84 Å². The quantitative estimate of drug-likeness (QED) is 0.205. The fraction of sp³-hybridized carbons (Fsp3) is 0.0476. The van der Waals surface area contributed by atoms with Crippen LogP contribution in [0.1, 0.15) is 22.9 Å². The van der Waals surface area contributed by atoms with Gasteiger partial charge in [-0.25, -0.2) is 9.98 Å². The summed E-state index contributed by atoms with van der Waals surface area (Å²) < 4.78 is 12.5.